The minimum atomic E-state index is -4.51. The molecule has 1 N–H and O–H groups in total. The Morgan fingerprint density at radius 1 is 1.29 bits per heavy atom. The molecule has 1 heterocycles. The van der Waals surface area contributed by atoms with Crippen molar-refractivity contribution in [2.75, 3.05) is 13.7 Å². The number of amides is 1. The SMILES string of the molecule is CO/N=C1\CCCC[C@@H]1NC(=O)c1cc(-c2ccc(Cl)cc2)c(OCC(F)(F)F)cn1. The number of rotatable bonds is 6. The van der Waals surface area contributed by atoms with Crippen LogP contribution in [0.1, 0.15) is 36.2 Å². The summed E-state index contributed by atoms with van der Waals surface area (Å²) in [6.07, 6.45) is -0.0711. The van der Waals surface area contributed by atoms with E-state index in [2.05, 4.69) is 15.5 Å². The first-order valence-electron chi connectivity index (χ1n) is 9.63. The van der Waals surface area contributed by atoms with E-state index in [1.807, 2.05) is 0 Å². The Morgan fingerprint density at radius 2 is 2.03 bits per heavy atom. The van der Waals surface area contributed by atoms with Gasteiger partial charge in [0, 0.05) is 10.6 Å². The van der Waals surface area contributed by atoms with Gasteiger partial charge in [-0.3, -0.25) is 4.79 Å². The molecule has 0 bridgehead atoms. The van der Waals surface area contributed by atoms with Gasteiger partial charge in [0.25, 0.3) is 5.91 Å². The number of ether oxygens (including phenoxy) is 1. The van der Waals surface area contributed by atoms with Gasteiger partial charge in [0.2, 0.25) is 0 Å². The summed E-state index contributed by atoms with van der Waals surface area (Å²) in [5.41, 5.74) is 1.63. The third kappa shape index (κ3) is 6.33. The molecule has 0 unspecified atom stereocenters. The Balaban J connectivity index is 1.88. The Bertz CT molecular complexity index is 949. The van der Waals surface area contributed by atoms with Crippen molar-refractivity contribution < 1.29 is 27.5 Å². The van der Waals surface area contributed by atoms with Gasteiger partial charge in [-0.05, 0) is 43.0 Å². The molecule has 1 aliphatic rings. The Labute approximate surface area is 182 Å². The van der Waals surface area contributed by atoms with E-state index in [0.29, 0.717) is 29.0 Å². The lowest BCUT2D eigenvalue weighted by Crippen LogP contribution is -2.43. The molecule has 2 aromatic rings. The highest BCUT2D eigenvalue weighted by molar-refractivity contribution is 6.30. The second-order valence-corrected chi connectivity index (χ2v) is 7.45. The molecule has 166 valence electrons. The molecule has 31 heavy (non-hydrogen) atoms. The Morgan fingerprint density at radius 3 is 2.71 bits per heavy atom. The van der Waals surface area contributed by atoms with Gasteiger partial charge in [0.1, 0.15) is 18.6 Å². The summed E-state index contributed by atoms with van der Waals surface area (Å²) in [6, 6.07) is 7.57. The van der Waals surface area contributed by atoms with Crippen LogP contribution < -0.4 is 10.1 Å². The summed E-state index contributed by atoms with van der Waals surface area (Å²) < 4.78 is 42.9. The number of nitrogens with one attached hydrogen (secondary N) is 1. The van der Waals surface area contributed by atoms with Crippen LogP contribution in [-0.4, -0.2) is 42.5 Å². The van der Waals surface area contributed by atoms with Crippen molar-refractivity contribution in [2.24, 2.45) is 5.16 Å². The van der Waals surface area contributed by atoms with Crippen LogP contribution in [0.4, 0.5) is 13.2 Å². The molecule has 10 heteroatoms. The number of oxime groups is 1. The molecule has 0 spiro atoms. The third-order valence-electron chi connectivity index (χ3n) is 4.74. The normalized spacial score (nSPS) is 18.0. The van der Waals surface area contributed by atoms with Crippen LogP contribution in [0.5, 0.6) is 5.75 Å². The predicted octanol–water partition coefficient (Wildman–Crippen LogP) is 5.02. The number of benzene rings is 1. The van der Waals surface area contributed by atoms with Gasteiger partial charge in [0.05, 0.1) is 18.0 Å². The molecule has 1 aliphatic carbocycles. The van der Waals surface area contributed by atoms with Gasteiger partial charge in [-0.15, -0.1) is 0 Å². The second kappa shape index (κ2) is 10.00. The van der Waals surface area contributed by atoms with E-state index in [0.717, 1.165) is 24.8 Å². The van der Waals surface area contributed by atoms with Crippen molar-refractivity contribution >= 4 is 23.2 Å². The van der Waals surface area contributed by atoms with Crippen LogP contribution in [0, 0.1) is 0 Å². The molecular formula is C21H21ClF3N3O3. The summed E-state index contributed by atoms with van der Waals surface area (Å²) in [6.45, 7) is -1.47. The number of nitrogens with zero attached hydrogens (tertiary/aromatic N) is 2. The fraction of sp³-hybridized carbons (Fsp3) is 0.381. The highest BCUT2D eigenvalue weighted by Crippen LogP contribution is 2.32. The first-order chi connectivity index (χ1) is 14.8. The van der Waals surface area contributed by atoms with E-state index in [-0.39, 0.29) is 17.5 Å². The highest BCUT2D eigenvalue weighted by atomic mass is 35.5. The topological polar surface area (TPSA) is 72.8 Å². The van der Waals surface area contributed by atoms with Gasteiger partial charge in [-0.2, -0.15) is 13.2 Å². The minimum absolute atomic E-state index is 0.0478. The van der Waals surface area contributed by atoms with Crippen molar-refractivity contribution in [1.29, 1.82) is 0 Å². The molecule has 0 aliphatic heterocycles. The fourth-order valence-electron chi connectivity index (χ4n) is 3.31. The molecule has 0 saturated heterocycles. The number of pyridine rings is 1. The predicted molar refractivity (Wildman–Crippen MR) is 110 cm³/mol. The van der Waals surface area contributed by atoms with E-state index in [9.17, 15) is 18.0 Å². The average Bonchev–Trinajstić information content (AvgIpc) is 2.74. The minimum Gasteiger partial charge on any atom is -0.482 e. The Hall–Kier alpha value is -2.81. The summed E-state index contributed by atoms with van der Waals surface area (Å²) in [4.78, 5) is 21.7. The van der Waals surface area contributed by atoms with E-state index in [1.54, 1.807) is 24.3 Å². The smallest absolute Gasteiger partial charge is 0.422 e. The molecule has 1 fully saturated rings. The van der Waals surface area contributed by atoms with Gasteiger partial charge in [0.15, 0.2) is 6.61 Å². The number of alkyl halides is 3. The molecular weight excluding hydrogens is 435 g/mol. The standard InChI is InChI=1S/C21H21ClF3N3O3/c1-30-28-17-5-3-2-4-16(17)27-20(29)18-10-15(13-6-8-14(22)9-7-13)19(11-26-18)31-12-21(23,24)25/h6-11,16H,2-5,12H2,1H3,(H,27,29)/b28-17+/t16-/m0/s1. The number of carbonyl (C=O) groups is 1. The number of aromatic nitrogens is 1. The number of hydrogen-bond donors (Lipinski definition) is 1. The maximum absolute atomic E-state index is 12.8. The van der Waals surface area contributed by atoms with Crippen LogP contribution in [-0.2, 0) is 4.84 Å². The molecule has 1 saturated carbocycles. The molecule has 1 atom stereocenters. The van der Waals surface area contributed by atoms with Gasteiger partial charge < -0.3 is 14.9 Å². The van der Waals surface area contributed by atoms with Crippen molar-refractivity contribution in [1.82, 2.24) is 10.3 Å². The zero-order valence-electron chi connectivity index (χ0n) is 16.7. The molecule has 3 rings (SSSR count). The lowest BCUT2D eigenvalue weighted by Gasteiger charge is -2.24. The number of halogens is 4. The molecule has 6 nitrogen and oxygen atoms in total. The molecule has 0 radical (unpaired) electrons. The van der Waals surface area contributed by atoms with E-state index in [1.165, 1.54) is 13.2 Å². The highest BCUT2D eigenvalue weighted by Gasteiger charge is 2.29. The lowest BCUT2D eigenvalue weighted by molar-refractivity contribution is -0.153. The van der Waals surface area contributed by atoms with Crippen molar-refractivity contribution in [3.05, 3.63) is 47.2 Å². The van der Waals surface area contributed by atoms with Gasteiger partial charge in [-0.1, -0.05) is 35.3 Å². The fourth-order valence-corrected chi connectivity index (χ4v) is 3.43. The maximum Gasteiger partial charge on any atom is 0.422 e. The quantitative estimate of drug-likeness (QED) is 0.621. The zero-order valence-corrected chi connectivity index (χ0v) is 17.5. The van der Waals surface area contributed by atoms with Crippen molar-refractivity contribution in [2.45, 2.75) is 37.9 Å². The molecule has 1 aromatic carbocycles. The monoisotopic (exact) mass is 455 g/mol. The molecule has 1 amide bonds. The van der Waals surface area contributed by atoms with Crippen molar-refractivity contribution in [3.63, 3.8) is 0 Å². The summed E-state index contributed by atoms with van der Waals surface area (Å²) in [7, 11) is 1.44. The van der Waals surface area contributed by atoms with Crippen LogP contribution in [0.2, 0.25) is 5.02 Å². The van der Waals surface area contributed by atoms with Crippen LogP contribution in [0.25, 0.3) is 11.1 Å². The van der Waals surface area contributed by atoms with Crippen LogP contribution in [0.15, 0.2) is 41.7 Å². The summed E-state index contributed by atoms with van der Waals surface area (Å²) in [5.74, 6) is -0.552. The summed E-state index contributed by atoms with van der Waals surface area (Å²) >= 11 is 5.91. The van der Waals surface area contributed by atoms with Gasteiger partial charge in [-0.25, -0.2) is 4.98 Å². The molecule has 1 aromatic heterocycles. The lowest BCUT2D eigenvalue weighted by atomic mass is 9.93. The second-order valence-electron chi connectivity index (χ2n) is 7.01. The zero-order chi connectivity index (χ0) is 22.4. The van der Waals surface area contributed by atoms with Crippen LogP contribution >= 0.6 is 11.6 Å². The largest absolute Gasteiger partial charge is 0.482 e. The average molecular weight is 456 g/mol. The van der Waals surface area contributed by atoms with Gasteiger partial charge >= 0.3 is 6.18 Å². The first-order valence-corrected chi connectivity index (χ1v) is 10.0. The number of carbonyl (C=O) groups excluding carboxylic acids is 1. The Kier molecular flexibility index (Phi) is 7.37. The maximum atomic E-state index is 12.8. The summed E-state index contributed by atoms with van der Waals surface area (Å²) in [5, 5.41) is 7.34. The van der Waals surface area contributed by atoms with Crippen LogP contribution in [0.3, 0.4) is 0 Å². The first kappa shape index (κ1) is 22.9. The number of hydrogen-bond acceptors (Lipinski definition) is 5. The van der Waals surface area contributed by atoms with E-state index in [4.69, 9.17) is 21.2 Å². The van der Waals surface area contributed by atoms with E-state index < -0.39 is 18.7 Å². The van der Waals surface area contributed by atoms with E-state index >= 15 is 0 Å². The van der Waals surface area contributed by atoms with Crippen molar-refractivity contribution in [3.8, 4) is 16.9 Å². The third-order valence-corrected chi connectivity index (χ3v) is 4.99.